The van der Waals surface area contributed by atoms with Gasteiger partial charge in [0, 0.05) is 27.0 Å². The summed E-state index contributed by atoms with van der Waals surface area (Å²) in [6.07, 6.45) is 0. The summed E-state index contributed by atoms with van der Waals surface area (Å²) < 4.78 is 0.744. The Morgan fingerprint density at radius 3 is 2.68 bits per heavy atom. The third kappa shape index (κ3) is 3.33. The molecule has 0 atom stereocenters. The number of nitrogens with two attached hydrogens (primary N) is 1. The monoisotopic (exact) mass is 320 g/mol. The molecule has 0 saturated heterocycles. The molecule has 0 unspecified atom stereocenters. The number of benzene rings is 2. The minimum Gasteiger partial charge on any atom is -0.399 e. The lowest BCUT2D eigenvalue weighted by Crippen LogP contribution is -2.13. The van der Waals surface area contributed by atoms with Gasteiger partial charge in [0.05, 0.1) is 6.61 Å². The molecule has 2 rings (SSSR count). The maximum absolute atomic E-state index is 12.1. The quantitative estimate of drug-likeness (QED) is 0.761. The summed E-state index contributed by atoms with van der Waals surface area (Å²) in [5.41, 5.74) is 7.92. The summed E-state index contributed by atoms with van der Waals surface area (Å²) >= 11 is 3.29. The third-order valence-electron chi connectivity index (χ3n) is 2.62. The first kappa shape index (κ1) is 13.6. The predicted octanol–water partition coefficient (Wildman–Crippen LogP) is 2.78. The Morgan fingerprint density at radius 2 is 2.00 bits per heavy atom. The fraction of sp³-hybridized carbons (Fsp3) is 0.0714. The van der Waals surface area contributed by atoms with Crippen LogP contribution in [0.4, 0.5) is 11.4 Å². The number of amides is 1. The number of hydrogen-bond donors (Lipinski definition) is 3. The molecule has 0 aliphatic carbocycles. The molecular weight excluding hydrogens is 308 g/mol. The first-order valence-electron chi connectivity index (χ1n) is 5.66. The van der Waals surface area contributed by atoms with Crippen LogP contribution in [-0.4, -0.2) is 11.0 Å². The second kappa shape index (κ2) is 5.86. The lowest BCUT2D eigenvalue weighted by atomic mass is 10.1. The second-order valence-corrected chi connectivity index (χ2v) is 4.96. The standard InChI is InChI=1S/C14H13BrN2O2/c15-11-5-10(6-12(16)7-11)14(19)17-13-4-2-1-3-9(13)8-18/h1-7,18H,8,16H2,(H,17,19). The van der Waals surface area contributed by atoms with Crippen molar-refractivity contribution in [1.29, 1.82) is 0 Å². The summed E-state index contributed by atoms with van der Waals surface area (Å²) in [6, 6.07) is 12.1. The van der Waals surface area contributed by atoms with Gasteiger partial charge in [-0.3, -0.25) is 4.79 Å². The number of halogens is 1. The summed E-state index contributed by atoms with van der Waals surface area (Å²) in [5.74, 6) is -0.270. The molecule has 5 heteroatoms. The van der Waals surface area contributed by atoms with Crippen LogP contribution in [0.2, 0.25) is 0 Å². The smallest absolute Gasteiger partial charge is 0.255 e. The van der Waals surface area contributed by atoms with E-state index < -0.39 is 0 Å². The van der Waals surface area contributed by atoms with Gasteiger partial charge in [-0.05, 0) is 24.3 Å². The third-order valence-corrected chi connectivity index (χ3v) is 3.08. The summed E-state index contributed by atoms with van der Waals surface area (Å²) in [4.78, 5) is 12.1. The maximum Gasteiger partial charge on any atom is 0.255 e. The molecule has 0 aliphatic heterocycles. The van der Waals surface area contributed by atoms with Gasteiger partial charge in [0.2, 0.25) is 0 Å². The second-order valence-electron chi connectivity index (χ2n) is 4.04. The van der Waals surface area contributed by atoms with Crippen molar-refractivity contribution in [3.8, 4) is 0 Å². The topological polar surface area (TPSA) is 75.4 Å². The van der Waals surface area contributed by atoms with Crippen molar-refractivity contribution >= 4 is 33.2 Å². The minimum atomic E-state index is -0.270. The van der Waals surface area contributed by atoms with Gasteiger partial charge in [-0.2, -0.15) is 0 Å². The number of aliphatic hydroxyl groups is 1. The number of carbonyl (C=O) groups is 1. The van der Waals surface area contributed by atoms with Crippen molar-refractivity contribution in [2.24, 2.45) is 0 Å². The highest BCUT2D eigenvalue weighted by Gasteiger charge is 2.09. The van der Waals surface area contributed by atoms with Crippen LogP contribution >= 0.6 is 15.9 Å². The maximum atomic E-state index is 12.1. The van der Waals surface area contributed by atoms with Crippen molar-refractivity contribution in [3.63, 3.8) is 0 Å². The van der Waals surface area contributed by atoms with Gasteiger partial charge in [0.25, 0.3) is 5.91 Å². The van der Waals surface area contributed by atoms with E-state index in [1.165, 1.54) is 0 Å². The van der Waals surface area contributed by atoms with Gasteiger partial charge in [-0.15, -0.1) is 0 Å². The van der Waals surface area contributed by atoms with Crippen LogP contribution in [0, 0.1) is 0 Å². The number of rotatable bonds is 3. The van der Waals surface area contributed by atoms with Gasteiger partial charge in [0.1, 0.15) is 0 Å². The molecule has 0 saturated carbocycles. The highest BCUT2D eigenvalue weighted by Crippen LogP contribution is 2.20. The van der Waals surface area contributed by atoms with Crippen LogP contribution in [0.25, 0.3) is 0 Å². The van der Waals surface area contributed by atoms with Crippen LogP contribution in [0.5, 0.6) is 0 Å². The molecule has 1 amide bonds. The SMILES string of the molecule is Nc1cc(Br)cc(C(=O)Nc2ccccc2CO)c1. The van der Waals surface area contributed by atoms with Gasteiger partial charge < -0.3 is 16.2 Å². The van der Waals surface area contributed by atoms with Crippen molar-refractivity contribution in [3.05, 3.63) is 58.1 Å². The van der Waals surface area contributed by atoms with Gasteiger partial charge in [-0.1, -0.05) is 34.1 Å². The molecule has 98 valence electrons. The molecule has 0 aliphatic rings. The average Bonchev–Trinajstić information content (AvgIpc) is 2.38. The largest absolute Gasteiger partial charge is 0.399 e. The number of nitrogens with one attached hydrogen (secondary N) is 1. The van der Waals surface area contributed by atoms with E-state index in [0.29, 0.717) is 22.5 Å². The molecule has 4 nitrogen and oxygen atoms in total. The predicted molar refractivity (Wildman–Crippen MR) is 78.9 cm³/mol. The normalized spacial score (nSPS) is 10.2. The van der Waals surface area contributed by atoms with E-state index in [-0.39, 0.29) is 12.5 Å². The molecule has 0 bridgehead atoms. The summed E-state index contributed by atoms with van der Waals surface area (Å²) in [5, 5.41) is 12.0. The van der Waals surface area contributed by atoms with Gasteiger partial charge >= 0.3 is 0 Å². The van der Waals surface area contributed by atoms with Gasteiger partial charge in [-0.25, -0.2) is 0 Å². The number of aliphatic hydroxyl groups excluding tert-OH is 1. The fourth-order valence-corrected chi connectivity index (χ4v) is 2.23. The number of hydrogen-bond acceptors (Lipinski definition) is 3. The van der Waals surface area contributed by atoms with Crippen LogP contribution < -0.4 is 11.1 Å². The number of anilines is 2. The van der Waals surface area contributed by atoms with E-state index >= 15 is 0 Å². The highest BCUT2D eigenvalue weighted by molar-refractivity contribution is 9.10. The first-order chi connectivity index (χ1) is 9.10. The Morgan fingerprint density at radius 1 is 1.26 bits per heavy atom. The Hall–Kier alpha value is -1.85. The van der Waals surface area contributed by atoms with E-state index in [4.69, 9.17) is 5.73 Å². The van der Waals surface area contributed by atoms with Crippen LogP contribution in [-0.2, 0) is 6.61 Å². The van der Waals surface area contributed by atoms with E-state index in [1.54, 1.807) is 42.5 Å². The zero-order valence-corrected chi connectivity index (χ0v) is 11.6. The molecule has 0 heterocycles. The van der Waals surface area contributed by atoms with Crippen molar-refractivity contribution in [2.75, 3.05) is 11.1 Å². The van der Waals surface area contributed by atoms with E-state index in [1.807, 2.05) is 0 Å². The molecule has 2 aromatic carbocycles. The molecule has 0 aromatic heterocycles. The molecule has 0 fully saturated rings. The molecule has 19 heavy (non-hydrogen) atoms. The van der Waals surface area contributed by atoms with Gasteiger partial charge in [0.15, 0.2) is 0 Å². The lowest BCUT2D eigenvalue weighted by Gasteiger charge is -2.10. The van der Waals surface area contributed by atoms with Crippen molar-refractivity contribution in [1.82, 2.24) is 0 Å². The highest BCUT2D eigenvalue weighted by atomic mass is 79.9. The molecule has 0 spiro atoms. The Bertz CT molecular complexity index is 594. The minimum absolute atomic E-state index is 0.128. The molecule has 4 N–H and O–H groups in total. The van der Waals surface area contributed by atoms with E-state index in [0.717, 1.165) is 4.47 Å². The zero-order valence-electron chi connectivity index (χ0n) is 10.1. The van der Waals surface area contributed by atoms with E-state index in [9.17, 15) is 9.90 Å². The van der Waals surface area contributed by atoms with E-state index in [2.05, 4.69) is 21.2 Å². The zero-order chi connectivity index (χ0) is 13.8. The summed E-state index contributed by atoms with van der Waals surface area (Å²) in [7, 11) is 0. The molecular formula is C14H13BrN2O2. The fourth-order valence-electron chi connectivity index (χ4n) is 1.72. The number of carbonyl (C=O) groups excluding carboxylic acids is 1. The Kier molecular flexibility index (Phi) is 4.19. The first-order valence-corrected chi connectivity index (χ1v) is 6.45. The summed E-state index contributed by atoms with van der Waals surface area (Å²) in [6.45, 7) is -0.128. The van der Waals surface area contributed by atoms with Crippen molar-refractivity contribution < 1.29 is 9.90 Å². The Labute approximate surface area is 119 Å². The van der Waals surface area contributed by atoms with Crippen LogP contribution in [0.15, 0.2) is 46.9 Å². The number of para-hydroxylation sites is 1. The van der Waals surface area contributed by atoms with Crippen LogP contribution in [0.3, 0.4) is 0 Å². The molecule has 0 radical (unpaired) electrons. The number of nitrogen functional groups attached to an aromatic ring is 1. The lowest BCUT2D eigenvalue weighted by molar-refractivity contribution is 0.102. The Balaban J connectivity index is 2.25. The van der Waals surface area contributed by atoms with Crippen molar-refractivity contribution in [2.45, 2.75) is 6.61 Å². The van der Waals surface area contributed by atoms with Crippen LogP contribution in [0.1, 0.15) is 15.9 Å². The average molecular weight is 321 g/mol. The molecule has 2 aromatic rings.